The molecule has 0 aromatic heterocycles. The Morgan fingerprint density at radius 2 is 1.71 bits per heavy atom. The van der Waals surface area contributed by atoms with Crippen LogP contribution >= 0.6 is 12.6 Å². The summed E-state index contributed by atoms with van der Waals surface area (Å²) in [5, 5.41) is 0. The Labute approximate surface area is 94.7 Å². The summed E-state index contributed by atoms with van der Waals surface area (Å²) in [5.41, 5.74) is 0. The van der Waals surface area contributed by atoms with E-state index in [4.69, 9.17) is 0 Å². The Morgan fingerprint density at radius 3 is 2.29 bits per heavy atom. The van der Waals surface area contributed by atoms with Crippen molar-refractivity contribution in [2.24, 2.45) is 0 Å². The Kier molecular flexibility index (Phi) is 5.95. The van der Waals surface area contributed by atoms with Gasteiger partial charge in [0.15, 0.2) is 0 Å². The van der Waals surface area contributed by atoms with Crippen LogP contribution in [0.3, 0.4) is 0 Å². The van der Waals surface area contributed by atoms with Crippen LogP contribution in [-0.4, -0.2) is 29.3 Å². The summed E-state index contributed by atoms with van der Waals surface area (Å²) in [5.74, 6) is 1.05. The first-order chi connectivity index (χ1) is 6.75. The minimum absolute atomic E-state index is 0.815. The van der Waals surface area contributed by atoms with Crippen LogP contribution in [0.15, 0.2) is 0 Å². The molecule has 1 heterocycles. The first kappa shape index (κ1) is 12.4. The molecule has 0 bridgehead atoms. The van der Waals surface area contributed by atoms with Crippen molar-refractivity contribution in [1.82, 2.24) is 4.90 Å². The Balaban J connectivity index is 2.19. The van der Waals surface area contributed by atoms with Crippen molar-refractivity contribution in [1.29, 1.82) is 0 Å². The highest BCUT2D eigenvalue weighted by Gasteiger charge is 2.23. The van der Waals surface area contributed by atoms with Crippen molar-refractivity contribution in [2.45, 2.75) is 64.5 Å². The van der Waals surface area contributed by atoms with Crippen LogP contribution in [0.2, 0.25) is 0 Å². The van der Waals surface area contributed by atoms with Crippen LogP contribution in [0.25, 0.3) is 0 Å². The Bertz CT molecular complexity index is 139. The highest BCUT2D eigenvalue weighted by Crippen LogP contribution is 2.22. The molecular formula is C12H25NS. The second-order valence-electron chi connectivity index (χ2n) is 4.65. The van der Waals surface area contributed by atoms with Crippen molar-refractivity contribution in [3.63, 3.8) is 0 Å². The maximum atomic E-state index is 4.24. The van der Waals surface area contributed by atoms with E-state index in [1.165, 1.54) is 45.1 Å². The molecule has 84 valence electrons. The van der Waals surface area contributed by atoms with Gasteiger partial charge in [-0.05, 0) is 51.8 Å². The monoisotopic (exact) mass is 215 g/mol. The van der Waals surface area contributed by atoms with Gasteiger partial charge in [-0.3, -0.25) is 4.90 Å². The van der Waals surface area contributed by atoms with Gasteiger partial charge in [0.25, 0.3) is 0 Å². The molecule has 0 amide bonds. The van der Waals surface area contributed by atoms with E-state index in [2.05, 4.69) is 31.4 Å². The van der Waals surface area contributed by atoms with Gasteiger partial charge in [-0.2, -0.15) is 12.6 Å². The summed E-state index contributed by atoms with van der Waals surface area (Å²) >= 11 is 4.24. The van der Waals surface area contributed by atoms with Gasteiger partial charge in [0.1, 0.15) is 0 Å². The third kappa shape index (κ3) is 3.82. The molecule has 1 saturated heterocycles. The standard InChI is InChI=1S/C12H25NS/c1-11-7-6-8-12(2)13(11)9-4-3-5-10-14/h11-12,14H,3-10H2,1-2H3/t11-,12+. The molecule has 0 aromatic carbocycles. The molecule has 1 fully saturated rings. The number of hydrogen-bond acceptors (Lipinski definition) is 2. The molecule has 0 unspecified atom stereocenters. The predicted octanol–water partition coefficient (Wildman–Crippen LogP) is 3.35. The fourth-order valence-electron chi connectivity index (χ4n) is 2.50. The molecule has 1 aliphatic heterocycles. The van der Waals surface area contributed by atoms with Gasteiger partial charge in [0, 0.05) is 12.1 Å². The SMILES string of the molecule is C[C@@H]1CCC[C@H](C)N1CCCCCS. The summed E-state index contributed by atoms with van der Waals surface area (Å²) in [6.45, 7) is 6.07. The molecule has 0 saturated carbocycles. The maximum Gasteiger partial charge on any atom is 0.00697 e. The van der Waals surface area contributed by atoms with Gasteiger partial charge in [-0.25, -0.2) is 0 Å². The first-order valence-corrected chi connectivity index (χ1v) is 6.75. The molecule has 0 spiro atoms. The van der Waals surface area contributed by atoms with E-state index in [0.29, 0.717) is 0 Å². The third-order valence-corrected chi connectivity index (χ3v) is 3.77. The number of piperidine rings is 1. The zero-order valence-corrected chi connectivity index (χ0v) is 10.6. The van der Waals surface area contributed by atoms with Crippen molar-refractivity contribution in [2.75, 3.05) is 12.3 Å². The number of hydrogen-bond donors (Lipinski definition) is 1. The lowest BCUT2D eigenvalue weighted by molar-refractivity contribution is 0.101. The fourth-order valence-corrected chi connectivity index (χ4v) is 2.72. The largest absolute Gasteiger partial charge is 0.298 e. The van der Waals surface area contributed by atoms with Crippen LogP contribution in [0.1, 0.15) is 52.4 Å². The number of likely N-dealkylation sites (tertiary alicyclic amines) is 1. The lowest BCUT2D eigenvalue weighted by Crippen LogP contribution is -2.44. The highest BCUT2D eigenvalue weighted by molar-refractivity contribution is 7.80. The zero-order chi connectivity index (χ0) is 10.4. The molecule has 2 heteroatoms. The maximum absolute atomic E-state index is 4.24. The molecular weight excluding hydrogens is 190 g/mol. The zero-order valence-electron chi connectivity index (χ0n) is 9.71. The average molecular weight is 215 g/mol. The third-order valence-electron chi connectivity index (χ3n) is 3.45. The molecule has 2 atom stereocenters. The van der Waals surface area contributed by atoms with E-state index >= 15 is 0 Å². The van der Waals surface area contributed by atoms with Gasteiger partial charge < -0.3 is 0 Å². The average Bonchev–Trinajstić information content (AvgIpc) is 2.16. The van der Waals surface area contributed by atoms with Crippen molar-refractivity contribution < 1.29 is 0 Å². The second-order valence-corrected chi connectivity index (χ2v) is 5.10. The molecule has 0 N–H and O–H groups in total. The van der Waals surface area contributed by atoms with Crippen molar-refractivity contribution in [3.05, 3.63) is 0 Å². The Morgan fingerprint density at radius 1 is 1.07 bits per heavy atom. The smallest absolute Gasteiger partial charge is 0.00697 e. The molecule has 1 rings (SSSR count). The minimum Gasteiger partial charge on any atom is -0.298 e. The molecule has 1 nitrogen and oxygen atoms in total. The van der Waals surface area contributed by atoms with Gasteiger partial charge in [0.05, 0.1) is 0 Å². The van der Waals surface area contributed by atoms with E-state index in [0.717, 1.165) is 17.8 Å². The molecule has 14 heavy (non-hydrogen) atoms. The summed E-state index contributed by atoms with van der Waals surface area (Å²) in [6.07, 6.45) is 8.21. The molecule has 0 aromatic rings. The van der Waals surface area contributed by atoms with Gasteiger partial charge >= 0.3 is 0 Å². The van der Waals surface area contributed by atoms with Crippen LogP contribution in [0, 0.1) is 0 Å². The lowest BCUT2D eigenvalue weighted by Gasteiger charge is -2.39. The molecule has 0 aliphatic carbocycles. The summed E-state index contributed by atoms with van der Waals surface area (Å²) < 4.78 is 0. The van der Waals surface area contributed by atoms with E-state index < -0.39 is 0 Å². The van der Waals surface area contributed by atoms with E-state index in [9.17, 15) is 0 Å². The van der Waals surface area contributed by atoms with E-state index in [-0.39, 0.29) is 0 Å². The summed E-state index contributed by atoms with van der Waals surface area (Å²) in [7, 11) is 0. The number of unbranched alkanes of at least 4 members (excludes halogenated alkanes) is 2. The lowest BCUT2D eigenvalue weighted by atomic mass is 9.97. The summed E-state index contributed by atoms with van der Waals surface area (Å²) in [4.78, 5) is 2.70. The van der Waals surface area contributed by atoms with E-state index in [1.54, 1.807) is 0 Å². The fraction of sp³-hybridized carbons (Fsp3) is 1.00. The number of thiol groups is 1. The normalized spacial score (nSPS) is 29.4. The second kappa shape index (κ2) is 6.73. The topological polar surface area (TPSA) is 3.24 Å². The van der Waals surface area contributed by atoms with Crippen LogP contribution < -0.4 is 0 Å². The molecule has 0 radical (unpaired) electrons. The van der Waals surface area contributed by atoms with Crippen LogP contribution in [0.5, 0.6) is 0 Å². The minimum atomic E-state index is 0.815. The highest BCUT2D eigenvalue weighted by atomic mass is 32.1. The Hall–Kier alpha value is 0.310. The van der Waals surface area contributed by atoms with Gasteiger partial charge in [0.2, 0.25) is 0 Å². The van der Waals surface area contributed by atoms with Crippen LogP contribution in [0.4, 0.5) is 0 Å². The van der Waals surface area contributed by atoms with Gasteiger partial charge in [-0.1, -0.05) is 12.8 Å². The first-order valence-electron chi connectivity index (χ1n) is 6.12. The van der Waals surface area contributed by atoms with Crippen molar-refractivity contribution >= 4 is 12.6 Å². The number of rotatable bonds is 5. The molecule has 1 aliphatic rings. The van der Waals surface area contributed by atoms with E-state index in [1.807, 2.05) is 0 Å². The number of nitrogens with zero attached hydrogens (tertiary/aromatic N) is 1. The predicted molar refractivity (Wildman–Crippen MR) is 67.2 cm³/mol. The van der Waals surface area contributed by atoms with Gasteiger partial charge in [-0.15, -0.1) is 0 Å². The summed E-state index contributed by atoms with van der Waals surface area (Å²) in [6, 6.07) is 1.63. The van der Waals surface area contributed by atoms with Crippen LogP contribution in [-0.2, 0) is 0 Å². The quantitative estimate of drug-likeness (QED) is 0.544. The van der Waals surface area contributed by atoms with Crippen molar-refractivity contribution in [3.8, 4) is 0 Å².